The fourth-order valence-electron chi connectivity index (χ4n) is 1.70. The largest absolute Gasteiger partial charge is 0.452 e. The molecule has 0 spiro atoms. The van der Waals surface area contributed by atoms with Gasteiger partial charge in [0.05, 0.1) is 5.56 Å². The van der Waals surface area contributed by atoms with Crippen molar-refractivity contribution in [3.8, 4) is 5.75 Å². The molecule has 1 aromatic carbocycles. The molecule has 0 bridgehead atoms. The Morgan fingerprint density at radius 1 is 1.23 bits per heavy atom. The van der Waals surface area contributed by atoms with Gasteiger partial charge in [-0.25, -0.2) is 18.4 Å². The molecule has 1 heterocycles. The molecule has 0 aliphatic heterocycles. The predicted octanol–water partition coefficient (Wildman–Crippen LogP) is 1.79. The number of thiophene rings is 1. The maximum Gasteiger partial charge on any atom is 0.387 e. The third-order valence-corrected chi connectivity index (χ3v) is 5.18. The highest BCUT2D eigenvalue weighted by molar-refractivity contribution is 7.91. The summed E-state index contributed by atoms with van der Waals surface area (Å²) in [6, 6.07) is 6.16. The molecule has 0 aliphatic rings. The molecule has 3 N–H and O–H groups in total. The molecular weight excluding hydrogens is 394 g/mol. The van der Waals surface area contributed by atoms with E-state index >= 15 is 0 Å². The Morgan fingerprint density at radius 2 is 1.88 bits per heavy atom. The standard InChI is InChI=1S/C14H12F2N2O6S2/c15-14(16)24-10-3-1-9(2-4-10)18-11(19)6-23-13(20)8-5-12(25-7-8)26(17,21)22/h1-5,7,14H,6H2,(H,18,19)(H2,17,21,22). The van der Waals surface area contributed by atoms with Gasteiger partial charge in [0.25, 0.3) is 5.91 Å². The molecule has 1 amide bonds. The zero-order valence-electron chi connectivity index (χ0n) is 12.8. The van der Waals surface area contributed by atoms with Gasteiger partial charge in [-0.2, -0.15) is 8.78 Å². The van der Waals surface area contributed by atoms with Crippen LogP contribution < -0.4 is 15.2 Å². The third kappa shape index (κ3) is 5.75. The summed E-state index contributed by atoms with van der Waals surface area (Å²) in [5.74, 6) is -1.65. The van der Waals surface area contributed by atoms with Gasteiger partial charge in [0.1, 0.15) is 9.96 Å². The maximum absolute atomic E-state index is 12.0. The van der Waals surface area contributed by atoms with Crippen LogP contribution in [0.5, 0.6) is 5.75 Å². The van der Waals surface area contributed by atoms with Crippen LogP contribution in [0.4, 0.5) is 14.5 Å². The average molecular weight is 406 g/mol. The summed E-state index contributed by atoms with van der Waals surface area (Å²) in [6.07, 6.45) is 0. The molecule has 2 rings (SSSR count). The smallest absolute Gasteiger partial charge is 0.387 e. The quantitative estimate of drug-likeness (QED) is 0.676. The van der Waals surface area contributed by atoms with Crippen molar-refractivity contribution < 1.29 is 36.3 Å². The molecule has 0 saturated carbocycles. The molecule has 0 radical (unpaired) electrons. The lowest BCUT2D eigenvalue weighted by Gasteiger charge is -2.08. The van der Waals surface area contributed by atoms with E-state index in [2.05, 4.69) is 10.1 Å². The van der Waals surface area contributed by atoms with Gasteiger partial charge in [-0.3, -0.25) is 4.79 Å². The highest BCUT2D eigenvalue weighted by Gasteiger charge is 2.17. The summed E-state index contributed by atoms with van der Waals surface area (Å²) in [4.78, 5) is 23.5. The van der Waals surface area contributed by atoms with Crippen LogP contribution in [0.25, 0.3) is 0 Å². The molecule has 0 saturated heterocycles. The second-order valence-corrected chi connectivity index (χ2v) is 7.43. The third-order valence-electron chi connectivity index (χ3n) is 2.79. The van der Waals surface area contributed by atoms with Crippen LogP contribution in [-0.4, -0.2) is 33.5 Å². The Labute approximate surface area is 150 Å². The van der Waals surface area contributed by atoms with Gasteiger partial charge in [0.15, 0.2) is 6.61 Å². The van der Waals surface area contributed by atoms with Crippen molar-refractivity contribution >= 4 is 38.9 Å². The first kappa shape index (κ1) is 19.8. The van der Waals surface area contributed by atoms with E-state index in [-0.39, 0.29) is 21.2 Å². The van der Waals surface area contributed by atoms with Crippen molar-refractivity contribution in [1.29, 1.82) is 0 Å². The lowest BCUT2D eigenvalue weighted by molar-refractivity contribution is -0.119. The number of hydrogen-bond acceptors (Lipinski definition) is 7. The minimum absolute atomic E-state index is 0.0553. The lowest BCUT2D eigenvalue weighted by Crippen LogP contribution is -2.20. The van der Waals surface area contributed by atoms with Crippen molar-refractivity contribution in [2.75, 3.05) is 11.9 Å². The van der Waals surface area contributed by atoms with Gasteiger partial charge in [-0.15, -0.1) is 11.3 Å². The van der Waals surface area contributed by atoms with Crippen LogP contribution in [0.3, 0.4) is 0 Å². The number of rotatable bonds is 7. The molecule has 2 aromatic rings. The number of anilines is 1. The van der Waals surface area contributed by atoms with Crippen LogP contribution in [0.1, 0.15) is 10.4 Å². The molecule has 0 atom stereocenters. The number of hydrogen-bond donors (Lipinski definition) is 2. The average Bonchev–Trinajstić information content (AvgIpc) is 3.04. The van der Waals surface area contributed by atoms with Crippen molar-refractivity contribution in [3.63, 3.8) is 0 Å². The number of esters is 1. The normalized spacial score (nSPS) is 11.2. The van der Waals surface area contributed by atoms with E-state index in [1.165, 1.54) is 29.6 Å². The van der Waals surface area contributed by atoms with E-state index in [1.807, 2.05) is 0 Å². The van der Waals surface area contributed by atoms with Gasteiger partial charge in [-0.1, -0.05) is 0 Å². The van der Waals surface area contributed by atoms with Crippen LogP contribution >= 0.6 is 11.3 Å². The Morgan fingerprint density at radius 3 is 2.42 bits per heavy atom. The number of benzene rings is 1. The second-order valence-electron chi connectivity index (χ2n) is 4.73. The van der Waals surface area contributed by atoms with Gasteiger partial charge < -0.3 is 14.8 Å². The summed E-state index contributed by atoms with van der Waals surface area (Å²) in [6.45, 7) is -3.59. The Balaban J connectivity index is 1.86. The number of amides is 1. The SMILES string of the molecule is NS(=O)(=O)c1cc(C(=O)OCC(=O)Nc2ccc(OC(F)F)cc2)cs1. The fraction of sp³-hybridized carbons (Fsp3) is 0.143. The number of carbonyl (C=O) groups excluding carboxylic acids is 2. The number of nitrogens with one attached hydrogen (secondary N) is 1. The van der Waals surface area contributed by atoms with Gasteiger partial charge in [0, 0.05) is 11.1 Å². The fourth-order valence-corrected chi connectivity index (χ4v) is 3.28. The topological polar surface area (TPSA) is 125 Å². The molecule has 26 heavy (non-hydrogen) atoms. The molecule has 1 aromatic heterocycles. The highest BCUT2D eigenvalue weighted by atomic mass is 32.2. The molecule has 140 valence electrons. The van der Waals surface area contributed by atoms with Crippen molar-refractivity contribution in [1.82, 2.24) is 0 Å². The number of halogens is 2. The van der Waals surface area contributed by atoms with Crippen LogP contribution in [-0.2, 0) is 19.6 Å². The van der Waals surface area contributed by atoms with E-state index in [4.69, 9.17) is 9.88 Å². The van der Waals surface area contributed by atoms with Crippen molar-refractivity contribution in [2.45, 2.75) is 10.8 Å². The molecule has 0 aliphatic carbocycles. The van der Waals surface area contributed by atoms with Crippen LogP contribution in [0, 0.1) is 0 Å². The molecular formula is C14H12F2N2O6S2. The first-order chi connectivity index (χ1) is 12.1. The predicted molar refractivity (Wildman–Crippen MR) is 87.7 cm³/mol. The van der Waals surface area contributed by atoms with Crippen molar-refractivity contribution in [3.05, 3.63) is 41.3 Å². The number of alkyl halides is 2. The van der Waals surface area contributed by atoms with Crippen LogP contribution in [0.2, 0.25) is 0 Å². The zero-order valence-corrected chi connectivity index (χ0v) is 14.5. The van der Waals surface area contributed by atoms with Gasteiger partial charge >= 0.3 is 12.6 Å². The molecule has 0 unspecified atom stereocenters. The maximum atomic E-state index is 12.0. The van der Waals surface area contributed by atoms with Crippen molar-refractivity contribution in [2.24, 2.45) is 5.14 Å². The van der Waals surface area contributed by atoms with Gasteiger partial charge in [0.2, 0.25) is 10.0 Å². The first-order valence-electron chi connectivity index (χ1n) is 6.78. The Hall–Kier alpha value is -2.57. The van der Waals surface area contributed by atoms with Crippen LogP contribution in [0.15, 0.2) is 39.9 Å². The molecule has 8 nitrogen and oxygen atoms in total. The highest BCUT2D eigenvalue weighted by Crippen LogP contribution is 2.20. The number of sulfonamides is 1. The van der Waals surface area contributed by atoms with E-state index in [1.54, 1.807) is 0 Å². The van der Waals surface area contributed by atoms with Gasteiger partial charge in [-0.05, 0) is 30.3 Å². The second kappa shape index (κ2) is 8.21. The number of primary sulfonamides is 1. The molecule has 12 heteroatoms. The minimum Gasteiger partial charge on any atom is -0.452 e. The first-order valence-corrected chi connectivity index (χ1v) is 9.21. The number of ether oxygens (including phenoxy) is 2. The Kier molecular flexibility index (Phi) is 6.23. The summed E-state index contributed by atoms with van der Waals surface area (Å²) in [5.41, 5.74) is 0.222. The Bertz CT molecular complexity index is 896. The van der Waals surface area contributed by atoms with E-state index in [9.17, 15) is 26.8 Å². The zero-order chi connectivity index (χ0) is 19.3. The minimum atomic E-state index is -3.92. The molecule has 0 fully saturated rings. The number of carbonyl (C=O) groups is 2. The summed E-state index contributed by atoms with van der Waals surface area (Å²) < 4.78 is 55.1. The lowest BCUT2D eigenvalue weighted by atomic mass is 10.3. The van der Waals surface area contributed by atoms with E-state index < -0.39 is 35.1 Å². The number of nitrogens with two attached hydrogens (primary N) is 1. The summed E-state index contributed by atoms with van der Waals surface area (Å²) >= 11 is 0.748. The monoisotopic (exact) mass is 406 g/mol. The summed E-state index contributed by atoms with van der Waals surface area (Å²) in [5, 5.41) is 8.56. The summed E-state index contributed by atoms with van der Waals surface area (Å²) in [7, 11) is -3.92. The van der Waals surface area contributed by atoms with E-state index in [0.717, 1.165) is 17.4 Å². The van der Waals surface area contributed by atoms with E-state index in [0.29, 0.717) is 0 Å².